The zero-order valence-corrected chi connectivity index (χ0v) is 20.3. The van der Waals surface area contributed by atoms with E-state index in [0.29, 0.717) is 12.0 Å². The van der Waals surface area contributed by atoms with E-state index >= 15 is 0 Å². The number of aliphatic hydroxyl groups is 1. The third-order valence-corrected chi connectivity index (χ3v) is 8.63. The van der Waals surface area contributed by atoms with Crippen LogP contribution in [0.4, 0.5) is 0 Å². The van der Waals surface area contributed by atoms with Crippen LogP contribution in [-0.2, 0) is 33.3 Å². The lowest BCUT2D eigenvalue weighted by molar-refractivity contribution is -0.262. The number of hydrogen-bond acceptors (Lipinski definition) is 8. The second-order valence-corrected chi connectivity index (χ2v) is 10.4. The first-order chi connectivity index (χ1) is 15.3. The predicted octanol–water partition coefficient (Wildman–Crippen LogP) is 2.45. The molecule has 0 saturated carbocycles. The van der Waals surface area contributed by atoms with Gasteiger partial charge in [-0.05, 0) is 19.4 Å². The van der Waals surface area contributed by atoms with Crippen molar-refractivity contribution in [2.75, 3.05) is 0 Å². The zero-order chi connectivity index (χ0) is 24.5. The summed E-state index contributed by atoms with van der Waals surface area (Å²) in [6.07, 6.45) is -1.88. The minimum Gasteiger partial charge on any atom is -0.462 e. The van der Waals surface area contributed by atoms with E-state index in [1.54, 1.807) is 6.92 Å². The quantitative estimate of drug-likeness (QED) is 0.277. The van der Waals surface area contributed by atoms with Gasteiger partial charge in [0.1, 0.15) is 17.8 Å². The van der Waals surface area contributed by atoms with Crippen LogP contribution in [0.3, 0.4) is 0 Å². The first kappa shape index (κ1) is 24.2. The monoisotopic (exact) mass is 482 g/mol. The first-order valence-electron chi connectivity index (χ1n) is 11.3. The molecule has 1 spiro atoms. The van der Waals surface area contributed by atoms with Crippen LogP contribution in [0.25, 0.3) is 0 Å². The molecule has 3 heterocycles. The van der Waals surface area contributed by atoms with Crippen molar-refractivity contribution < 1.29 is 38.4 Å². The van der Waals surface area contributed by atoms with Gasteiger partial charge in [0.25, 0.3) is 0 Å². The fraction of sp³-hybridized carbons (Fsp3) is 0.708. The van der Waals surface area contributed by atoms with Gasteiger partial charge in [0.2, 0.25) is 0 Å². The van der Waals surface area contributed by atoms with Crippen LogP contribution in [-0.4, -0.2) is 64.5 Å². The second kappa shape index (κ2) is 8.10. The third kappa shape index (κ3) is 3.36. The molecule has 0 unspecified atom stereocenters. The normalized spacial score (nSPS) is 46.7. The molecule has 4 aliphatic rings. The van der Waals surface area contributed by atoms with Gasteiger partial charge in [0, 0.05) is 32.6 Å². The van der Waals surface area contributed by atoms with Crippen LogP contribution in [0.5, 0.6) is 0 Å². The second-order valence-electron chi connectivity index (χ2n) is 9.92. The van der Waals surface area contributed by atoms with Crippen molar-refractivity contribution in [2.24, 2.45) is 17.3 Å². The Labute approximate surface area is 198 Å². The average Bonchev–Trinajstić information content (AvgIpc) is 2.98. The Morgan fingerprint density at radius 3 is 2.45 bits per heavy atom. The van der Waals surface area contributed by atoms with Crippen LogP contribution in [0.1, 0.15) is 47.5 Å². The maximum Gasteiger partial charge on any atom is 0.312 e. The number of halogens is 1. The molecule has 0 aromatic carbocycles. The van der Waals surface area contributed by atoms with E-state index < -0.39 is 76.7 Å². The standard InChI is InChI=1S/C24H31ClO8/c1-10-7-8-16(30-13(4)26)23(6)17(31-14(5)27)9-15-11(2)19(25)21-24(33-15,20(28)18(10)23)12(3)22(29)32-21/h7,12,15-21,28H,2,8-9H2,1,3-6H3/t12-,15+,16-,17+,18+,19-,20+,21-,23+,24+/m0/s1. The highest BCUT2D eigenvalue weighted by Gasteiger charge is 2.72. The molecule has 182 valence electrons. The van der Waals surface area contributed by atoms with E-state index in [1.807, 2.05) is 19.9 Å². The Kier molecular flexibility index (Phi) is 5.95. The number of carbonyl (C=O) groups excluding carboxylic acids is 3. The molecule has 33 heavy (non-hydrogen) atoms. The molecule has 8 nitrogen and oxygen atoms in total. The maximum atomic E-state index is 12.7. The zero-order valence-electron chi connectivity index (χ0n) is 19.5. The van der Waals surface area contributed by atoms with Crippen LogP contribution >= 0.6 is 11.6 Å². The van der Waals surface area contributed by atoms with E-state index in [1.165, 1.54) is 13.8 Å². The maximum absolute atomic E-state index is 12.7. The lowest BCUT2D eigenvalue weighted by Gasteiger charge is -2.59. The summed E-state index contributed by atoms with van der Waals surface area (Å²) in [6, 6.07) is 0. The molecule has 3 aliphatic heterocycles. The molecule has 4 rings (SSSR count). The Bertz CT molecular complexity index is 929. The first-order valence-corrected chi connectivity index (χ1v) is 11.7. The molecule has 3 saturated heterocycles. The molecule has 3 fully saturated rings. The molecule has 10 atom stereocenters. The smallest absolute Gasteiger partial charge is 0.312 e. The van der Waals surface area contributed by atoms with E-state index in [2.05, 4.69) is 6.58 Å². The van der Waals surface area contributed by atoms with Gasteiger partial charge in [0.15, 0.2) is 6.10 Å². The SMILES string of the molecule is C=C1[C@H]2C[C@@H](OC(C)=O)[C@@]3(C)[C@@H](OC(C)=O)CC=C(C)[C@@H]3[C@@H](O)[C@]3(O2)[C@@H](C)C(=O)O[C@H]3[C@H]1Cl. The Morgan fingerprint density at radius 2 is 1.85 bits per heavy atom. The predicted molar refractivity (Wildman–Crippen MR) is 117 cm³/mol. The van der Waals surface area contributed by atoms with Crippen LogP contribution < -0.4 is 0 Å². The molecule has 0 aromatic heterocycles. The Balaban J connectivity index is 1.95. The number of hydrogen-bond donors (Lipinski definition) is 1. The fourth-order valence-corrected chi connectivity index (χ4v) is 6.81. The van der Waals surface area contributed by atoms with Gasteiger partial charge in [-0.1, -0.05) is 25.2 Å². The highest BCUT2D eigenvalue weighted by atomic mass is 35.5. The number of fused-ring (bicyclic) bond motifs is 2. The fourth-order valence-electron chi connectivity index (χ4n) is 6.42. The summed E-state index contributed by atoms with van der Waals surface area (Å²) < 4.78 is 23.6. The number of ether oxygens (including phenoxy) is 4. The van der Waals surface area contributed by atoms with Crippen molar-refractivity contribution in [1.29, 1.82) is 0 Å². The van der Waals surface area contributed by atoms with Crippen molar-refractivity contribution in [1.82, 2.24) is 0 Å². The van der Waals surface area contributed by atoms with Gasteiger partial charge in [-0.3, -0.25) is 14.4 Å². The van der Waals surface area contributed by atoms with Gasteiger partial charge >= 0.3 is 17.9 Å². The average molecular weight is 483 g/mol. The molecule has 0 aromatic rings. The highest BCUT2D eigenvalue weighted by Crippen LogP contribution is 2.59. The number of esters is 3. The largest absolute Gasteiger partial charge is 0.462 e. The molecule has 0 radical (unpaired) electrons. The molecular formula is C24H31ClO8. The molecule has 1 aliphatic carbocycles. The van der Waals surface area contributed by atoms with Gasteiger partial charge in [-0.15, -0.1) is 11.6 Å². The lowest BCUT2D eigenvalue weighted by atomic mass is 9.54. The summed E-state index contributed by atoms with van der Waals surface area (Å²) >= 11 is 6.72. The highest BCUT2D eigenvalue weighted by molar-refractivity contribution is 6.23. The summed E-state index contributed by atoms with van der Waals surface area (Å²) in [5.74, 6) is -2.96. The molecule has 9 heteroatoms. The summed E-state index contributed by atoms with van der Waals surface area (Å²) in [5, 5.41) is 11.3. The topological polar surface area (TPSA) is 108 Å². The van der Waals surface area contributed by atoms with Crippen LogP contribution in [0.2, 0.25) is 0 Å². The van der Waals surface area contributed by atoms with Crippen LogP contribution in [0.15, 0.2) is 23.8 Å². The van der Waals surface area contributed by atoms with Gasteiger partial charge in [-0.25, -0.2) is 0 Å². The van der Waals surface area contributed by atoms with Crippen molar-refractivity contribution >= 4 is 29.5 Å². The van der Waals surface area contributed by atoms with Gasteiger partial charge < -0.3 is 24.1 Å². The number of rotatable bonds is 2. The van der Waals surface area contributed by atoms with E-state index in [9.17, 15) is 19.5 Å². The molecular weight excluding hydrogens is 452 g/mol. The number of carbonyl (C=O) groups is 3. The van der Waals surface area contributed by atoms with Crippen molar-refractivity contribution in [3.63, 3.8) is 0 Å². The molecule has 0 amide bonds. The summed E-state index contributed by atoms with van der Waals surface area (Å²) in [5.41, 5.74) is -1.14. The summed E-state index contributed by atoms with van der Waals surface area (Å²) in [7, 11) is 0. The number of aliphatic hydroxyl groups excluding tert-OH is 1. The third-order valence-electron chi connectivity index (χ3n) is 8.12. The Hall–Kier alpha value is -1.90. The summed E-state index contributed by atoms with van der Waals surface area (Å²) in [4.78, 5) is 36.9. The summed E-state index contributed by atoms with van der Waals surface area (Å²) in [6.45, 7) is 12.1. The van der Waals surface area contributed by atoms with Gasteiger partial charge in [0.05, 0.1) is 28.9 Å². The van der Waals surface area contributed by atoms with E-state index in [4.69, 9.17) is 30.5 Å². The minimum atomic E-state index is -1.43. The molecule has 2 bridgehead atoms. The van der Waals surface area contributed by atoms with E-state index in [0.717, 1.165) is 5.57 Å². The Morgan fingerprint density at radius 1 is 1.24 bits per heavy atom. The van der Waals surface area contributed by atoms with Crippen molar-refractivity contribution in [3.8, 4) is 0 Å². The van der Waals surface area contributed by atoms with Crippen molar-refractivity contribution in [3.05, 3.63) is 23.8 Å². The number of alkyl halides is 1. The minimum absolute atomic E-state index is 0.182. The van der Waals surface area contributed by atoms with Crippen LogP contribution in [0, 0.1) is 17.3 Å². The van der Waals surface area contributed by atoms with E-state index in [-0.39, 0.29) is 6.42 Å². The van der Waals surface area contributed by atoms with Crippen molar-refractivity contribution in [2.45, 2.75) is 89.0 Å². The molecule has 1 N–H and O–H groups in total. The van der Waals surface area contributed by atoms with Gasteiger partial charge in [-0.2, -0.15) is 0 Å². The lowest BCUT2D eigenvalue weighted by Crippen LogP contribution is -2.71.